The first kappa shape index (κ1) is 30.8. The molecule has 0 heterocycles. The average Bonchev–Trinajstić information content (AvgIpc) is 3.02. The Labute approximate surface area is 163 Å². The molecular weight excluding hydrogens is 360 g/mol. The Balaban J connectivity index is -0.000000300. The molecule has 1 rings (SSSR count). The number of hydrogen-bond donors (Lipinski definition) is 3. The summed E-state index contributed by atoms with van der Waals surface area (Å²) >= 11 is -2.61. The van der Waals surface area contributed by atoms with E-state index in [1.807, 2.05) is 20.8 Å². The molecule has 0 fully saturated rings. The fraction of sp³-hybridized carbons (Fsp3) is 0.818. The predicted octanol–water partition coefficient (Wildman–Crippen LogP) is 6.63. The van der Waals surface area contributed by atoms with Gasteiger partial charge in [-0.25, -0.2) is 0 Å². The van der Waals surface area contributed by atoms with Crippen LogP contribution in [0.2, 0.25) is 26.1 Å². The molecule has 1 aliphatic rings. The molecule has 26 heavy (non-hydrogen) atoms. The zero-order valence-electron chi connectivity index (χ0n) is 19.6. The van der Waals surface area contributed by atoms with Crippen molar-refractivity contribution < 1.29 is 29.3 Å². The van der Waals surface area contributed by atoms with E-state index in [4.69, 9.17) is 15.3 Å². The number of rotatable bonds is 4. The van der Waals surface area contributed by atoms with Gasteiger partial charge in [-0.15, -0.1) is 0 Å². The summed E-state index contributed by atoms with van der Waals surface area (Å²) in [6, 6.07) is 0. The van der Waals surface area contributed by atoms with Gasteiger partial charge in [0.2, 0.25) is 0 Å². The van der Waals surface area contributed by atoms with Crippen LogP contribution in [0.15, 0.2) is 22.1 Å². The number of aliphatic hydroxyl groups excluding tert-OH is 3. The third-order valence-corrected chi connectivity index (χ3v) is 9.74. The fourth-order valence-corrected chi connectivity index (χ4v) is 4.60. The molecule has 0 bridgehead atoms. The third-order valence-electron chi connectivity index (χ3n) is 4.15. The normalized spacial score (nSPS) is 18.9. The van der Waals surface area contributed by atoms with Crippen LogP contribution in [0.3, 0.4) is 0 Å². The molecule has 160 valence electrons. The van der Waals surface area contributed by atoms with E-state index in [0.717, 1.165) is 19.3 Å². The number of allylic oxidation sites excluding steroid dienone is 4. The Morgan fingerprint density at radius 3 is 1.12 bits per heavy atom. The van der Waals surface area contributed by atoms with Crippen molar-refractivity contribution >= 4 is 0 Å². The molecular formula is C22H50O3Ti. The van der Waals surface area contributed by atoms with Crippen molar-refractivity contribution in [2.75, 3.05) is 0 Å². The first-order valence-corrected chi connectivity index (χ1v) is 18.9. The van der Waals surface area contributed by atoms with E-state index in [2.05, 4.69) is 44.4 Å². The van der Waals surface area contributed by atoms with Gasteiger partial charge in [0.05, 0.1) is 18.3 Å². The Morgan fingerprint density at radius 2 is 1.04 bits per heavy atom. The van der Waals surface area contributed by atoms with E-state index < -0.39 is 14.0 Å². The van der Waals surface area contributed by atoms with Crippen LogP contribution in [0, 0.1) is 0 Å². The van der Waals surface area contributed by atoms with Crippen LogP contribution in [0.1, 0.15) is 67.2 Å². The Morgan fingerprint density at radius 1 is 0.769 bits per heavy atom. The van der Waals surface area contributed by atoms with Crippen LogP contribution in [0.5, 0.6) is 0 Å². The summed E-state index contributed by atoms with van der Waals surface area (Å²) in [5, 5.41) is 37.5. The van der Waals surface area contributed by atoms with Crippen molar-refractivity contribution in [2.24, 2.45) is 0 Å². The van der Waals surface area contributed by atoms with Crippen molar-refractivity contribution in [3.05, 3.63) is 22.1 Å². The van der Waals surface area contributed by atoms with Crippen molar-refractivity contribution in [2.45, 2.75) is 112 Å². The zero-order chi connectivity index (χ0) is 21.7. The van der Waals surface area contributed by atoms with Gasteiger partial charge < -0.3 is 15.3 Å². The van der Waals surface area contributed by atoms with Gasteiger partial charge in [-0.1, -0.05) is 20.8 Å². The van der Waals surface area contributed by atoms with Crippen LogP contribution in [-0.4, -0.2) is 33.6 Å². The summed E-state index contributed by atoms with van der Waals surface area (Å²) in [4.78, 5) is 0. The summed E-state index contributed by atoms with van der Waals surface area (Å²) in [6.45, 7) is 11.2. The van der Waals surface area contributed by atoms with Crippen LogP contribution in [-0.2, 0) is 14.0 Å². The number of aliphatic hydroxyl groups is 3. The quantitative estimate of drug-likeness (QED) is 0.456. The molecule has 1 aliphatic carbocycles. The van der Waals surface area contributed by atoms with Gasteiger partial charge in [-0.3, -0.25) is 0 Å². The topological polar surface area (TPSA) is 60.7 Å². The minimum atomic E-state index is -2.61. The minimum absolute atomic E-state index is 0.116. The van der Waals surface area contributed by atoms with Gasteiger partial charge in [-0.2, -0.15) is 0 Å². The molecule has 0 aromatic heterocycles. The fourth-order valence-electron chi connectivity index (χ4n) is 1.37. The Bertz CT molecular complexity index is 379. The van der Waals surface area contributed by atoms with Crippen LogP contribution < -0.4 is 0 Å². The van der Waals surface area contributed by atoms with Gasteiger partial charge >= 0.3 is 68.7 Å². The second-order valence-electron chi connectivity index (χ2n) is 11.3. The molecule has 0 spiro atoms. The summed E-state index contributed by atoms with van der Waals surface area (Å²) in [5.74, 6) is 0. The molecule has 3 atom stereocenters. The first-order chi connectivity index (χ1) is 11.4. The molecule has 0 radical (unpaired) electrons. The molecule has 0 aliphatic heterocycles. The molecule has 0 amide bonds. The zero-order valence-corrected chi connectivity index (χ0v) is 21.2. The van der Waals surface area contributed by atoms with Crippen molar-refractivity contribution in [1.29, 1.82) is 0 Å². The van der Waals surface area contributed by atoms with Crippen LogP contribution in [0.4, 0.5) is 0 Å². The molecule has 0 saturated carbocycles. The van der Waals surface area contributed by atoms with Crippen LogP contribution >= 0.6 is 0 Å². The molecule has 0 aromatic rings. The molecule has 4 heteroatoms. The van der Waals surface area contributed by atoms with Gasteiger partial charge in [0.15, 0.2) is 0 Å². The maximum atomic E-state index is 8.36. The Hall–Kier alpha value is 0.0743. The van der Waals surface area contributed by atoms with Gasteiger partial charge in [-0.05, 0) is 40.0 Å². The van der Waals surface area contributed by atoms with E-state index in [-0.39, 0.29) is 18.3 Å². The molecule has 3 N–H and O–H groups in total. The monoisotopic (exact) mass is 410 g/mol. The molecule has 3 nitrogen and oxygen atoms in total. The molecule has 0 aromatic carbocycles. The van der Waals surface area contributed by atoms with Gasteiger partial charge in [0, 0.05) is 0 Å². The first-order valence-electron chi connectivity index (χ1n) is 10.3. The summed E-state index contributed by atoms with van der Waals surface area (Å²) in [5.41, 5.74) is 0. The van der Waals surface area contributed by atoms with E-state index in [1.54, 1.807) is 24.6 Å². The van der Waals surface area contributed by atoms with Gasteiger partial charge in [0.1, 0.15) is 0 Å². The summed E-state index contributed by atoms with van der Waals surface area (Å²) in [6.07, 6.45) is 10.2. The van der Waals surface area contributed by atoms with Crippen molar-refractivity contribution in [3.63, 3.8) is 0 Å². The molecule has 0 saturated heterocycles. The summed E-state index contributed by atoms with van der Waals surface area (Å²) in [7, 11) is 0. The SMILES string of the molecule is CCC(C)O.CCC(C)O.CCC(C)O.[CH3][Ti]([CH3])([CH3])([CH3])([CH3])[C]1=CC=CC1. The van der Waals surface area contributed by atoms with Crippen molar-refractivity contribution in [1.82, 2.24) is 0 Å². The average molecular weight is 411 g/mol. The van der Waals surface area contributed by atoms with Crippen molar-refractivity contribution in [3.8, 4) is 0 Å². The van der Waals surface area contributed by atoms with E-state index >= 15 is 0 Å². The third kappa shape index (κ3) is 24.1. The second-order valence-corrected chi connectivity index (χ2v) is 31.9. The van der Waals surface area contributed by atoms with Gasteiger partial charge in [0.25, 0.3) is 0 Å². The van der Waals surface area contributed by atoms with E-state index in [0.29, 0.717) is 0 Å². The van der Waals surface area contributed by atoms with E-state index in [9.17, 15) is 0 Å². The van der Waals surface area contributed by atoms with Crippen LogP contribution in [0.25, 0.3) is 0 Å². The molecule has 3 unspecified atom stereocenters. The summed E-state index contributed by atoms with van der Waals surface area (Å²) < 4.78 is 1.70. The second kappa shape index (κ2) is 12.5. The number of hydrogen-bond acceptors (Lipinski definition) is 3. The maximum absolute atomic E-state index is 8.36. The standard InChI is InChI=1S/C5H5.3C4H10O.5CH3.Ti/c1-2-4-5-3-1;3*1-3-4(2)5;;;;;;/h1-3H,4H2;3*4-5H,3H2,1-2H3;5*1H3;. The van der Waals surface area contributed by atoms with E-state index in [1.165, 1.54) is 6.42 Å². The predicted molar refractivity (Wildman–Crippen MR) is 117 cm³/mol. The Kier molecular flexibility index (Phi) is 14.8.